The Labute approximate surface area is 104 Å². The monoisotopic (exact) mass is 267 g/mol. The maximum Gasteiger partial charge on any atom is 0.262 e. The number of rotatable bonds is 3. The molecule has 7 heteroatoms. The highest BCUT2D eigenvalue weighted by atomic mass is 32.2. The van der Waals surface area contributed by atoms with E-state index >= 15 is 0 Å². The van der Waals surface area contributed by atoms with Crippen LogP contribution in [0.2, 0.25) is 0 Å². The van der Waals surface area contributed by atoms with Crippen LogP contribution in [0.4, 0.5) is 10.1 Å². The van der Waals surface area contributed by atoms with Crippen LogP contribution >= 0.6 is 0 Å². The number of pyridine rings is 2. The van der Waals surface area contributed by atoms with Crippen molar-refractivity contribution in [3.05, 3.63) is 48.3 Å². The van der Waals surface area contributed by atoms with Crippen molar-refractivity contribution in [2.24, 2.45) is 0 Å². The number of nitrogens with zero attached hydrogens (tertiary/aromatic N) is 2. The van der Waals surface area contributed by atoms with Gasteiger partial charge in [0.2, 0.25) is 0 Å². The van der Waals surface area contributed by atoms with E-state index in [1.807, 2.05) is 0 Å². The van der Waals surface area contributed by atoms with Crippen molar-refractivity contribution in [1.82, 2.24) is 9.97 Å². The second kappa shape index (κ2) is 4.69. The van der Waals surface area contributed by atoms with Gasteiger partial charge in [0.05, 0.1) is 22.5 Å². The van der Waals surface area contributed by atoms with Crippen LogP contribution in [0.5, 0.6) is 0 Å². The first kappa shape index (κ1) is 12.4. The molecule has 5 nitrogen and oxygen atoms in total. The maximum atomic E-state index is 13.2. The molecule has 0 aliphatic rings. The molecule has 2 rings (SSSR count). The van der Waals surface area contributed by atoms with Gasteiger partial charge in [-0.2, -0.15) is 0 Å². The number of hydrogen-bond acceptors (Lipinski definition) is 4. The largest absolute Gasteiger partial charge is 0.278 e. The Hall–Kier alpha value is -2.02. The molecule has 1 N–H and O–H groups in total. The highest BCUT2D eigenvalue weighted by molar-refractivity contribution is 7.92. The van der Waals surface area contributed by atoms with Gasteiger partial charge in [0.1, 0.15) is 5.82 Å². The molecule has 94 valence electrons. The predicted octanol–water partition coefficient (Wildman–Crippen LogP) is 1.72. The zero-order chi connectivity index (χ0) is 13.2. The lowest BCUT2D eigenvalue weighted by atomic mass is 10.3. The topological polar surface area (TPSA) is 72.0 Å². The van der Waals surface area contributed by atoms with Gasteiger partial charge in [-0.25, -0.2) is 12.8 Å². The Bertz CT molecular complexity index is 659. The van der Waals surface area contributed by atoms with Crippen molar-refractivity contribution in [1.29, 1.82) is 0 Å². The van der Waals surface area contributed by atoms with Crippen molar-refractivity contribution in [2.75, 3.05) is 4.72 Å². The predicted molar refractivity (Wildman–Crippen MR) is 64.0 cm³/mol. The van der Waals surface area contributed by atoms with Gasteiger partial charge < -0.3 is 0 Å². The fourth-order valence-corrected chi connectivity index (χ4v) is 2.31. The smallest absolute Gasteiger partial charge is 0.262 e. The van der Waals surface area contributed by atoms with E-state index in [0.717, 1.165) is 6.07 Å². The van der Waals surface area contributed by atoms with Gasteiger partial charge in [-0.3, -0.25) is 14.7 Å². The number of hydrogen-bond donors (Lipinski definition) is 1. The normalized spacial score (nSPS) is 11.2. The lowest BCUT2D eigenvalue weighted by molar-refractivity contribution is 0.600. The first-order valence-electron chi connectivity index (χ1n) is 5.04. The molecule has 0 aliphatic heterocycles. The average molecular weight is 267 g/mol. The molecule has 0 radical (unpaired) electrons. The highest BCUT2D eigenvalue weighted by Crippen LogP contribution is 2.16. The van der Waals surface area contributed by atoms with E-state index in [2.05, 4.69) is 14.7 Å². The van der Waals surface area contributed by atoms with Gasteiger partial charge in [-0.1, -0.05) is 0 Å². The van der Waals surface area contributed by atoms with Crippen molar-refractivity contribution in [3.8, 4) is 0 Å². The molecule has 0 bridgehead atoms. The number of anilines is 1. The van der Waals surface area contributed by atoms with Crippen LogP contribution in [0.15, 0.2) is 41.7 Å². The van der Waals surface area contributed by atoms with Crippen molar-refractivity contribution in [2.45, 2.75) is 11.8 Å². The Morgan fingerprint density at radius 3 is 2.56 bits per heavy atom. The minimum Gasteiger partial charge on any atom is -0.278 e. The minimum absolute atomic E-state index is 0.0542. The lowest BCUT2D eigenvalue weighted by Crippen LogP contribution is -2.13. The number of aryl methyl sites for hydroxylation is 1. The summed E-state index contributed by atoms with van der Waals surface area (Å²) in [6.07, 6.45) is 3.99. The van der Waals surface area contributed by atoms with E-state index in [-0.39, 0.29) is 16.3 Å². The Kier molecular flexibility index (Phi) is 3.24. The summed E-state index contributed by atoms with van der Waals surface area (Å²) >= 11 is 0. The summed E-state index contributed by atoms with van der Waals surface area (Å²) in [6, 6.07) is 3.78. The van der Waals surface area contributed by atoms with Crippen LogP contribution in [-0.2, 0) is 10.0 Å². The van der Waals surface area contributed by atoms with Gasteiger partial charge in [-0.05, 0) is 19.1 Å². The van der Waals surface area contributed by atoms with Crippen molar-refractivity contribution in [3.63, 3.8) is 0 Å². The molecular formula is C11H10FN3O2S. The van der Waals surface area contributed by atoms with E-state index in [9.17, 15) is 12.8 Å². The molecule has 18 heavy (non-hydrogen) atoms. The summed E-state index contributed by atoms with van der Waals surface area (Å²) in [4.78, 5) is 7.52. The third-order valence-corrected chi connectivity index (χ3v) is 3.63. The third kappa shape index (κ3) is 2.62. The van der Waals surface area contributed by atoms with Crippen LogP contribution in [0, 0.1) is 12.7 Å². The molecule has 0 unspecified atom stereocenters. The van der Waals surface area contributed by atoms with Crippen molar-refractivity contribution < 1.29 is 12.8 Å². The number of halogens is 1. The molecule has 0 spiro atoms. The zero-order valence-electron chi connectivity index (χ0n) is 9.46. The van der Waals surface area contributed by atoms with Gasteiger partial charge in [0, 0.05) is 18.5 Å². The Morgan fingerprint density at radius 2 is 1.94 bits per heavy atom. The average Bonchev–Trinajstić information content (AvgIpc) is 2.35. The third-order valence-electron chi connectivity index (χ3n) is 2.24. The first-order chi connectivity index (χ1) is 8.49. The summed E-state index contributed by atoms with van der Waals surface area (Å²) in [6.45, 7) is 1.50. The summed E-state index contributed by atoms with van der Waals surface area (Å²) in [7, 11) is -3.74. The quantitative estimate of drug-likeness (QED) is 0.919. The molecule has 0 aliphatic carbocycles. The molecule has 2 aromatic rings. The molecule has 0 fully saturated rings. The number of aromatic nitrogens is 2. The van der Waals surface area contributed by atoms with E-state index in [0.29, 0.717) is 0 Å². The van der Waals surface area contributed by atoms with E-state index in [1.54, 1.807) is 0 Å². The second-order valence-electron chi connectivity index (χ2n) is 3.58. The summed E-state index contributed by atoms with van der Waals surface area (Å²) in [5.74, 6) is -0.565. The van der Waals surface area contributed by atoms with Crippen molar-refractivity contribution >= 4 is 15.7 Å². The highest BCUT2D eigenvalue weighted by Gasteiger charge is 2.14. The molecule has 0 saturated heterocycles. The molecule has 2 aromatic heterocycles. The molecule has 0 atom stereocenters. The molecule has 0 saturated carbocycles. The molecule has 2 heterocycles. The van der Waals surface area contributed by atoms with Crippen LogP contribution in [0.25, 0.3) is 0 Å². The standard InChI is InChI=1S/C11H10FN3O2S/c1-8-11(12)6-9(7-14-8)15-18(16,17)10-2-4-13-5-3-10/h2-7,15H,1H3. The SMILES string of the molecule is Cc1ncc(NS(=O)(=O)c2ccncc2)cc1F. The Balaban J connectivity index is 2.31. The number of nitrogens with one attached hydrogen (secondary N) is 1. The second-order valence-corrected chi connectivity index (χ2v) is 5.26. The molecule has 0 amide bonds. The molecule has 0 aromatic carbocycles. The maximum absolute atomic E-state index is 13.2. The fourth-order valence-electron chi connectivity index (χ4n) is 1.29. The fraction of sp³-hybridized carbons (Fsp3) is 0.0909. The first-order valence-corrected chi connectivity index (χ1v) is 6.52. The van der Waals surface area contributed by atoms with Crippen LogP contribution in [0.1, 0.15) is 5.69 Å². The molecular weight excluding hydrogens is 257 g/mol. The van der Waals surface area contributed by atoms with Gasteiger partial charge in [0.15, 0.2) is 0 Å². The minimum atomic E-state index is -3.74. The van der Waals surface area contributed by atoms with E-state index in [4.69, 9.17) is 0 Å². The van der Waals surface area contributed by atoms with Gasteiger partial charge in [-0.15, -0.1) is 0 Å². The number of sulfonamides is 1. The van der Waals surface area contributed by atoms with E-state index < -0.39 is 15.8 Å². The van der Waals surface area contributed by atoms with E-state index in [1.165, 1.54) is 37.6 Å². The van der Waals surface area contributed by atoms with Crippen LogP contribution in [0.3, 0.4) is 0 Å². The van der Waals surface area contributed by atoms with Gasteiger partial charge in [0.25, 0.3) is 10.0 Å². The van der Waals surface area contributed by atoms with Crippen LogP contribution in [-0.4, -0.2) is 18.4 Å². The van der Waals surface area contributed by atoms with Crippen LogP contribution < -0.4 is 4.72 Å². The summed E-state index contributed by atoms with van der Waals surface area (Å²) < 4.78 is 39.3. The zero-order valence-corrected chi connectivity index (χ0v) is 10.3. The lowest BCUT2D eigenvalue weighted by Gasteiger charge is -2.07. The van der Waals surface area contributed by atoms with Gasteiger partial charge >= 0.3 is 0 Å². The Morgan fingerprint density at radius 1 is 1.28 bits per heavy atom. The summed E-state index contributed by atoms with van der Waals surface area (Å²) in [5.41, 5.74) is 0.289. The summed E-state index contributed by atoms with van der Waals surface area (Å²) in [5, 5.41) is 0.